The number of hydrogen-bond donors (Lipinski definition) is 1. The van der Waals surface area contributed by atoms with Crippen LogP contribution in [0.1, 0.15) is 33.1 Å². The van der Waals surface area contributed by atoms with Crippen molar-refractivity contribution in [1.82, 2.24) is 10.2 Å². The van der Waals surface area contributed by atoms with Crippen molar-refractivity contribution in [2.45, 2.75) is 50.9 Å². The van der Waals surface area contributed by atoms with Gasteiger partial charge in [0.05, 0.1) is 12.7 Å². The molecule has 2 heterocycles. The molecule has 0 aromatic heterocycles. The summed E-state index contributed by atoms with van der Waals surface area (Å²) < 4.78 is 11.2. The number of nitrogens with zero attached hydrogens (tertiary/aromatic N) is 1. The van der Waals surface area contributed by atoms with Crippen LogP contribution < -0.4 is 5.32 Å². The van der Waals surface area contributed by atoms with Gasteiger partial charge in [0, 0.05) is 25.6 Å². The molecule has 2 fully saturated rings. The molecule has 0 aliphatic carbocycles. The highest BCUT2D eigenvalue weighted by molar-refractivity contribution is 5.66. The highest BCUT2D eigenvalue weighted by Crippen LogP contribution is 2.40. The van der Waals surface area contributed by atoms with Crippen molar-refractivity contribution >= 4 is 6.09 Å². The minimum absolute atomic E-state index is 0.000937. The fraction of sp³-hybridized carbons (Fsp3) is 0.923. The summed E-state index contributed by atoms with van der Waals surface area (Å²) in [4.78, 5) is 13.7. The van der Waals surface area contributed by atoms with Gasteiger partial charge in [0.2, 0.25) is 0 Å². The van der Waals surface area contributed by atoms with E-state index >= 15 is 0 Å². The van der Waals surface area contributed by atoms with Crippen molar-refractivity contribution in [3.8, 4) is 0 Å². The van der Waals surface area contributed by atoms with E-state index in [2.05, 4.69) is 24.1 Å². The third-order valence-corrected chi connectivity index (χ3v) is 3.94. The van der Waals surface area contributed by atoms with Gasteiger partial charge in [-0.3, -0.25) is 4.90 Å². The largest absolute Gasteiger partial charge is 0.445 e. The fourth-order valence-corrected chi connectivity index (χ4v) is 3.08. The van der Waals surface area contributed by atoms with Crippen LogP contribution in [0.15, 0.2) is 0 Å². The van der Waals surface area contributed by atoms with Gasteiger partial charge in [-0.15, -0.1) is 0 Å². The molecule has 1 N–H and O–H groups in total. The smallest absolute Gasteiger partial charge is 0.407 e. The molecular formula is C13H24N2O3. The number of rotatable bonds is 4. The maximum absolute atomic E-state index is 11.3. The molecule has 0 saturated carbocycles. The summed E-state index contributed by atoms with van der Waals surface area (Å²) >= 11 is 0. The van der Waals surface area contributed by atoms with Crippen LogP contribution in [-0.4, -0.2) is 55.5 Å². The van der Waals surface area contributed by atoms with E-state index in [4.69, 9.17) is 9.47 Å². The number of amides is 1. The van der Waals surface area contributed by atoms with Crippen LogP contribution in [0.25, 0.3) is 0 Å². The average molecular weight is 256 g/mol. The standard InChI is InChI=1S/C13H24N2O3/c1-10(2)17-9-13-5-4-6-15(13)8-11(7-13)18-12(16)14-3/h10-11H,4-9H2,1-3H3,(H,14,16). The molecule has 0 spiro atoms. The second-order valence-electron chi connectivity index (χ2n) is 5.62. The number of fused-ring (bicyclic) bond motifs is 1. The van der Waals surface area contributed by atoms with Crippen molar-refractivity contribution in [1.29, 1.82) is 0 Å². The predicted octanol–water partition coefficient (Wildman–Crippen LogP) is 1.37. The Morgan fingerprint density at radius 3 is 3.00 bits per heavy atom. The lowest BCUT2D eigenvalue weighted by Gasteiger charge is -2.32. The Morgan fingerprint density at radius 1 is 1.56 bits per heavy atom. The molecule has 104 valence electrons. The molecule has 5 heteroatoms. The number of carbonyl (C=O) groups excluding carboxylic acids is 1. The first-order valence-electron chi connectivity index (χ1n) is 6.81. The molecule has 2 aliphatic rings. The Labute approximate surface area is 109 Å². The zero-order chi connectivity index (χ0) is 13.2. The second-order valence-corrected chi connectivity index (χ2v) is 5.62. The molecule has 18 heavy (non-hydrogen) atoms. The molecular weight excluding hydrogens is 232 g/mol. The van der Waals surface area contributed by atoms with Crippen LogP contribution >= 0.6 is 0 Å². The van der Waals surface area contributed by atoms with Crippen LogP contribution in [0.4, 0.5) is 4.79 Å². The summed E-state index contributed by atoms with van der Waals surface area (Å²) in [5, 5.41) is 2.51. The van der Waals surface area contributed by atoms with Gasteiger partial charge < -0.3 is 14.8 Å². The summed E-state index contributed by atoms with van der Waals surface area (Å²) in [5.41, 5.74) is 0.100. The first-order valence-corrected chi connectivity index (χ1v) is 6.81. The van der Waals surface area contributed by atoms with E-state index < -0.39 is 0 Å². The molecule has 2 atom stereocenters. The Balaban J connectivity index is 1.94. The van der Waals surface area contributed by atoms with Crippen LogP contribution in [0.3, 0.4) is 0 Å². The van der Waals surface area contributed by atoms with Gasteiger partial charge >= 0.3 is 6.09 Å². The summed E-state index contributed by atoms with van der Waals surface area (Å²) in [6.45, 7) is 6.80. The van der Waals surface area contributed by atoms with E-state index in [-0.39, 0.29) is 23.8 Å². The molecule has 2 saturated heterocycles. The molecule has 5 nitrogen and oxygen atoms in total. The van der Waals surface area contributed by atoms with Crippen molar-refractivity contribution in [3.63, 3.8) is 0 Å². The van der Waals surface area contributed by atoms with Gasteiger partial charge in [-0.05, 0) is 33.2 Å². The van der Waals surface area contributed by atoms with Crippen molar-refractivity contribution in [2.24, 2.45) is 0 Å². The van der Waals surface area contributed by atoms with Crippen LogP contribution in [0.2, 0.25) is 0 Å². The van der Waals surface area contributed by atoms with E-state index in [0.29, 0.717) is 0 Å². The number of ether oxygens (including phenoxy) is 2. The van der Waals surface area contributed by atoms with E-state index in [1.165, 1.54) is 6.42 Å². The van der Waals surface area contributed by atoms with E-state index in [0.717, 1.165) is 32.5 Å². The number of alkyl carbamates (subject to hydrolysis) is 1. The van der Waals surface area contributed by atoms with Crippen molar-refractivity contribution in [3.05, 3.63) is 0 Å². The first kappa shape index (κ1) is 13.6. The molecule has 0 aromatic carbocycles. The summed E-state index contributed by atoms with van der Waals surface area (Å²) in [7, 11) is 1.59. The number of hydrogen-bond acceptors (Lipinski definition) is 4. The Bertz CT molecular complexity index is 309. The molecule has 2 aliphatic heterocycles. The van der Waals surface area contributed by atoms with E-state index in [1.54, 1.807) is 7.05 Å². The topological polar surface area (TPSA) is 50.8 Å². The SMILES string of the molecule is CNC(=O)OC1CN2CCCC2(COC(C)C)C1. The third kappa shape index (κ3) is 2.78. The summed E-state index contributed by atoms with van der Waals surface area (Å²) in [5.74, 6) is 0. The molecule has 0 bridgehead atoms. The molecule has 0 aromatic rings. The number of nitrogens with one attached hydrogen (secondary N) is 1. The van der Waals surface area contributed by atoms with Gasteiger partial charge in [0.25, 0.3) is 0 Å². The lowest BCUT2D eigenvalue weighted by Crippen LogP contribution is -2.43. The van der Waals surface area contributed by atoms with Gasteiger partial charge in [0.1, 0.15) is 6.10 Å². The maximum atomic E-state index is 11.3. The zero-order valence-corrected chi connectivity index (χ0v) is 11.6. The Hall–Kier alpha value is -0.810. The normalized spacial score (nSPS) is 31.7. The molecule has 2 rings (SSSR count). The van der Waals surface area contributed by atoms with Crippen molar-refractivity contribution in [2.75, 3.05) is 26.7 Å². The monoisotopic (exact) mass is 256 g/mol. The lowest BCUT2D eigenvalue weighted by atomic mass is 9.94. The maximum Gasteiger partial charge on any atom is 0.407 e. The quantitative estimate of drug-likeness (QED) is 0.825. The fourth-order valence-electron chi connectivity index (χ4n) is 3.08. The first-order chi connectivity index (χ1) is 8.55. The highest BCUT2D eigenvalue weighted by atomic mass is 16.6. The highest BCUT2D eigenvalue weighted by Gasteiger charge is 2.49. The van der Waals surface area contributed by atoms with Crippen LogP contribution in [-0.2, 0) is 9.47 Å². The summed E-state index contributed by atoms with van der Waals surface area (Å²) in [6, 6.07) is 0. The average Bonchev–Trinajstić information content (AvgIpc) is 2.82. The van der Waals surface area contributed by atoms with Gasteiger partial charge in [-0.25, -0.2) is 4.79 Å². The zero-order valence-electron chi connectivity index (χ0n) is 11.6. The summed E-state index contributed by atoms with van der Waals surface area (Å²) in [6.07, 6.45) is 3.18. The van der Waals surface area contributed by atoms with Gasteiger partial charge in [0.15, 0.2) is 0 Å². The van der Waals surface area contributed by atoms with Crippen molar-refractivity contribution < 1.29 is 14.3 Å². The minimum Gasteiger partial charge on any atom is -0.445 e. The molecule has 0 radical (unpaired) electrons. The Kier molecular flexibility index (Phi) is 4.12. The van der Waals surface area contributed by atoms with E-state index in [1.807, 2.05) is 0 Å². The lowest BCUT2D eigenvalue weighted by molar-refractivity contribution is 0.00212. The molecule has 1 amide bonds. The van der Waals surface area contributed by atoms with Gasteiger partial charge in [-0.2, -0.15) is 0 Å². The minimum atomic E-state index is -0.332. The number of carbonyl (C=O) groups is 1. The Morgan fingerprint density at radius 2 is 2.33 bits per heavy atom. The molecule has 2 unspecified atom stereocenters. The van der Waals surface area contributed by atoms with E-state index in [9.17, 15) is 4.79 Å². The van der Waals surface area contributed by atoms with Crippen LogP contribution in [0, 0.1) is 0 Å². The second kappa shape index (κ2) is 5.45. The van der Waals surface area contributed by atoms with Crippen LogP contribution in [0.5, 0.6) is 0 Å². The predicted molar refractivity (Wildman–Crippen MR) is 68.6 cm³/mol. The van der Waals surface area contributed by atoms with Gasteiger partial charge in [-0.1, -0.05) is 0 Å². The third-order valence-electron chi connectivity index (χ3n) is 3.94.